The van der Waals surface area contributed by atoms with Gasteiger partial charge in [-0.3, -0.25) is 9.59 Å². The summed E-state index contributed by atoms with van der Waals surface area (Å²) in [6, 6.07) is 2.54. The summed E-state index contributed by atoms with van der Waals surface area (Å²) in [5.41, 5.74) is 5.24. The van der Waals surface area contributed by atoms with Crippen molar-refractivity contribution in [3.8, 4) is 5.75 Å². The SMILES string of the molecule is COc1ccc(CC(=O)N[C@@H](CC(N)=O)C(=O)O)cc1F. The molecule has 1 rings (SSSR count). The minimum Gasteiger partial charge on any atom is -0.494 e. The quantitative estimate of drug-likeness (QED) is 0.645. The standard InChI is InChI=1S/C13H15FN2O5/c1-21-10-3-2-7(4-8(10)14)5-12(18)16-9(13(19)20)6-11(15)17/h2-4,9H,5-6H2,1H3,(H2,15,17)(H,16,18)(H,19,20)/t9-/m0/s1. The van der Waals surface area contributed by atoms with E-state index in [1.165, 1.54) is 19.2 Å². The first-order valence-corrected chi connectivity index (χ1v) is 5.96. The summed E-state index contributed by atoms with van der Waals surface area (Å²) in [6.45, 7) is 0. The van der Waals surface area contributed by atoms with Crippen LogP contribution in [0.3, 0.4) is 0 Å². The number of carboxylic acids is 1. The van der Waals surface area contributed by atoms with Crippen molar-refractivity contribution in [2.45, 2.75) is 18.9 Å². The van der Waals surface area contributed by atoms with Crippen molar-refractivity contribution in [1.29, 1.82) is 0 Å². The Hall–Kier alpha value is -2.64. The van der Waals surface area contributed by atoms with E-state index in [1.807, 2.05) is 0 Å². The molecule has 8 heteroatoms. The third kappa shape index (κ3) is 5.09. The monoisotopic (exact) mass is 298 g/mol. The van der Waals surface area contributed by atoms with E-state index in [1.54, 1.807) is 0 Å². The van der Waals surface area contributed by atoms with Gasteiger partial charge in [0.15, 0.2) is 11.6 Å². The predicted molar refractivity (Wildman–Crippen MR) is 70.0 cm³/mol. The maximum absolute atomic E-state index is 13.5. The van der Waals surface area contributed by atoms with Crippen LogP contribution in [0, 0.1) is 5.82 Å². The van der Waals surface area contributed by atoms with Crippen LogP contribution in [0.4, 0.5) is 4.39 Å². The van der Waals surface area contributed by atoms with Gasteiger partial charge in [0.25, 0.3) is 0 Å². The molecular weight excluding hydrogens is 283 g/mol. The number of carboxylic acid groups (broad SMARTS) is 1. The second-order valence-electron chi connectivity index (χ2n) is 4.27. The van der Waals surface area contributed by atoms with Gasteiger partial charge in [0.05, 0.1) is 20.0 Å². The number of methoxy groups -OCH3 is 1. The summed E-state index contributed by atoms with van der Waals surface area (Å²) in [6.07, 6.45) is -0.749. The number of benzene rings is 1. The highest BCUT2D eigenvalue weighted by Crippen LogP contribution is 2.17. The third-order valence-electron chi connectivity index (χ3n) is 2.62. The number of carbonyl (C=O) groups is 3. The zero-order chi connectivity index (χ0) is 16.0. The molecule has 1 aromatic rings. The number of primary amides is 1. The van der Waals surface area contributed by atoms with Gasteiger partial charge >= 0.3 is 5.97 Å². The number of aliphatic carboxylic acids is 1. The average Bonchev–Trinajstić information content (AvgIpc) is 2.37. The van der Waals surface area contributed by atoms with E-state index in [2.05, 4.69) is 5.32 Å². The van der Waals surface area contributed by atoms with Gasteiger partial charge in [-0.2, -0.15) is 0 Å². The minimum absolute atomic E-state index is 0.0382. The zero-order valence-electron chi connectivity index (χ0n) is 11.3. The normalized spacial score (nSPS) is 11.5. The fraction of sp³-hybridized carbons (Fsp3) is 0.308. The second kappa shape index (κ2) is 7.22. The summed E-state index contributed by atoms with van der Waals surface area (Å²) in [7, 11) is 1.31. The third-order valence-corrected chi connectivity index (χ3v) is 2.62. The molecule has 0 radical (unpaired) electrons. The van der Waals surface area contributed by atoms with Crippen LogP contribution in [-0.2, 0) is 20.8 Å². The fourth-order valence-electron chi connectivity index (χ4n) is 1.65. The molecule has 0 aliphatic carbocycles. The number of hydrogen-bond donors (Lipinski definition) is 3. The smallest absolute Gasteiger partial charge is 0.326 e. The number of hydrogen-bond acceptors (Lipinski definition) is 4. The van der Waals surface area contributed by atoms with Crippen molar-refractivity contribution < 1.29 is 28.6 Å². The van der Waals surface area contributed by atoms with E-state index >= 15 is 0 Å². The molecule has 0 unspecified atom stereocenters. The van der Waals surface area contributed by atoms with Crippen molar-refractivity contribution in [3.63, 3.8) is 0 Å². The molecule has 0 heterocycles. The molecule has 0 aliphatic rings. The first-order valence-electron chi connectivity index (χ1n) is 5.96. The molecule has 0 saturated heterocycles. The van der Waals surface area contributed by atoms with Gasteiger partial charge in [-0.25, -0.2) is 9.18 Å². The van der Waals surface area contributed by atoms with Gasteiger partial charge in [-0.05, 0) is 17.7 Å². The lowest BCUT2D eigenvalue weighted by molar-refractivity contribution is -0.143. The molecule has 0 spiro atoms. The molecule has 0 saturated carbocycles. The number of nitrogens with two attached hydrogens (primary N) is 1. The Kier molecular flexibility index (Phi) is 5.65. The van der Waals surface area contributed by atoms with Gasteiger partial charge in [-0.15, -0.1) is 0 Å². The van der Waals surface area contributed by atoms with Crippen molar-refractivity contribution in [2.75, 3.05) is 7.11 Å². The Morgan fingerprint density at radius 2 is 2.10 bits per heavy atom. The van der Waals surface area contributed by atoms with Gasteiger partial charge in [0.1, 0.15) is 6.04 Å². The second-order valence-corrected chi connectivity index (χ2v) is 4.27. The lowest BCUT2D eigenvalue weighted by atomic mass is 10.1. The van der Waals surface area contributed by atoms with E-state index < -0.39 is 36.1 Å². The van der Waals surface area contributed by atoms with E-state index in [9.17, 15) is 18.8 Å². The van der Waals surface area contributed by atoms with Crippen LogP contribution in [0.5, 0.6) is 5.75 Å². The van der Waals surface area contributed by atoms with Crippen molar-refractivity contribution in [1.82, 2.24) is 5.32 Å². The molecule has 0 aromatic heterocycles. The summed E-state index contributed by atoms with van der Waals surface area (Å²) in [5.74, 6) is -3.47. The van der Waals surface area contributed by atoms with Crippen LogP contribution in [0.15, 0.2) is 18.2 Å². The van der Waals surface area contributed by atoms with Crippen LogP contribution in [0.1, 0.15) is 12.0 Å². The number of carbonyl (C=O) groups excluding carboxylic acids is 2. The van der Waals surface area contributed by atoms with Crippen LogP contribution < -0.4 is 15.8 Å². The van der Waals surface area contributed by atoms with Gasteiger partial charge in [0, 0.05) is 0 Å². The predicted octanol–water partition coefficient (Wildman–Crippen LogP) is -0.178. The van der Waals surface area contributed by atoms with Gasteiger partial charge in [0.2, 0.25) is 11.8 Å². The molecule has 4 N–H and O–H groups in total. The topological polar surface area (TPSA) is 119 Å². The fourth-order valence-corrected chi connectivity index (χ4v) is 1.65. The number of rotatable bonds is 7. The summed E-state index contributed by atoms with van der Waals surface area (Å²) in [5, 5.41) is 11.0. The Morgan fingerprint density at radius 3 is 2.57 bits per heavy atom. The Morgan fingerprint density at radius 1 is 1.43 bits per heavy atom. The highest BCUT2D eigenvalue weighted by molar-refractivity contribution is 5.88. The van der Waals surface area contributed by atoms with Crippen LogP contribution >= 0.6 is 0 Å². The van der Waals surface area contributed by atoms with E-state index in [0.717, 1.165) is 6.07 Å². The van der Waals surface area contributed by atoms with Crippen LogP contribution in [0.2, 0.25) is 0 Å². The molecule has 114 valence electrons. The van der Waals surface area contributed by atoms with Crippen LogP contribution in [0.25, 0.3) is 0 Å². The molecular formula is C13H15FN2O5. The van der Waals surface area contributed by atoms with E-state index in [0.29, 0.717) is 5.56 Å². The summed E-state index contributed by atoms with van der Waals surface area (Å²) in [4.78, 5) is 33.3. The molecule has 7 nitrogen and oxygen atoms in total. The molecule has 0 fully saturated rings. The average molecular weight is 298 g/mol. The van der Waals surface area contributed by atoms with Crippen molar-refractivity contribution in [2.24, 2.45) is 5.73 Å². The molecule has 1 atom stereocenters. The largest absolute Gasteiger partial charge is 0.494 e. The highest BCUT2D eigenvalue weighted by Gasteiger charge is 2.22. The summed E-state index contributed by atoms with van der Waals surface area (Å²) >= 11 is 0. The molecule has 0 aliphatic heterocycles. The Bertz CT molecular complexity index is 561. The van der Waals surface area contributed by atoms with Crippen molar-refractivity contribution in [3.05, 3.63) is 29.6 Å². The van der Waals surface area contributed by atoms with Crippen molar-refractivity contribution >= 4 is 17.8 Å². The number of amides is 2. The van der Waals surface area contributed by atoms with Crippen LogP contribution in [-0.4, -0.2) is 36.0 Å². The lowest BCUT2D eigenvalue weighted by Gasteiger charge is -2.13. The minimum atomic E-state index is -1.40. The van der Waals surface area contributed by atoms with E-state index in [4.69, 9.17) is 15.6 Å². The maximum atomic E-state index is 13.5. The highest BCUT2D eigenvalue weighted by atomic mass is 19.1. The summed E-state index contributed by atoms with van der Waals surface area (Å²) < 4.78 is 18.2. The number of nitrogens with one attached hydrogen (secondary N) is 1. The molecule has 2 amide bonds. The first-order chi connectivity index (χ1) is 9.83. The molecule has 1 aromatic carbocycles. The maximum Gasteiger partial charge on any atom is 0.326 e. The lowest BCUT2D eigenvalue weighted by Crippen LogP contribution is -2.43. The number of halogens is 1. The van der Waals surface area contributed by atoms with Gasteiger partial charge < -0.3 is 20.9 Å². The first kappa shape index (κ1) is 16.4. The Balaban J connectivity index is 2.69. The molecule has 0 bridgehead atoms. The zero-order valence-corrected chi connectivity index (χ0v) is 11.3. The molecule has 21 heavy (non-hydrogen) atoms. The Labute approximate surface area is 119 Å². The number of ether oxygens (including phenoxy) is 1. The van der Waals surface area contributed by atoms with Gasteiger partial charge in [-0.1, -0.05) is 6.07 Å². The van der Waals surface area contributed by atoms with E-state index in [-0.39, 0.29) is 12.2 Å².